The van der Waals surface area contributed by atoms with Crippen molar-refractivity contribution >= 4 is 15.7 Å². The van der Waals surface area contributed by atoms with Crippen LogP contribution in [0.4, 0.5) is 0 Å². The topological polar surface area (TPSA) is 81.5 Å². The molecule has 2 aliphatic rings. The molecule has 0 saturated carbocycles. The fraction of sp³-hybridized carbons (Fsp3) is 0.214. The van der Waals surface area contributed by atoms with Crippen molar-refractivity contribution in [1.82, 2.24) is 14.7 Å². The van der Waals surface area contributed by atoms with Crippen LogP contribution in [-0.2, 0) is 20.3 Å². The van der Waals surface area contributed by atoms with Crippen LogP contribution in [0.2, 0.25) is 0 Å². The minimum atomic E-state index is -3.61. The number of aryl methyl sites for hydroxylation is 1. The number of amides is 1. The third kappa shape index (κ3) is 3.73. The summed E-state index contributed by atoms with van der Waals surface area (Å²) in [7, 11) is -3.61. The standard InChI is InChI=1S/C28H25N3O4S/c1-19-6-2-3-7-22(19)20-10-12-21(13-11-20)31-27-23-8-4-5-9-25(23)36(33,34)18-24(27)26(29-31)28(32)30-14-16-35-17-15-30/h2-13H,14-18H2,1H3. The highest BCUT2D eigenvalue weighted by Gasteiger charge is 2.37. The van der Waals surface area contributed by atoms with E-state index in [0.717, 1.165) is 16.8 Å². The number of hydrogen-bond acceptors (Lipinski definition) is 5. The number of morpholine rings is 1. The third-order valence-corrected chi connectivity index (χ3v) is 8.56. The normalized spacial score (nSPS) is 16.3. The first-order chi connectivity index (χ1) is 17.4. The van der Waals surface area contributed by atoms with Gasteiger partial charge in [-0.15, -0.1) is 0 Å². The van der Waals surface area contributed by atoms with Gasteiger partial charge in [0.15, 0.2) is 15.5 Å². The molecule has 8 heteroatoms. The molecule has 0 radical (unpaired) electrons. The maximum absolute atomic E-state index is 13.5. The molecular weight excluding hydrogens is 474 g/mol. The van der Waals surface area contributed by atoms with Gasteiger partial charge in [-0.05, 0) is 41.8 Å². The predicted molar refractivity (Wildman–Crippen MR) is 137 cm³/mol. The van der Waals surface area contributed by atoms with Gasteiger partial charge in [-0.2, -0.15) is 5.10 Å². The minimum absolute atomic E-state index is 0.188. The van der Waals surface area contributed by atoms with Crippen molar-refractivity contribution in [3.8, 4) is 28.1 Å². The number of aromatic nitrogens is 2. The van der Waals surface area contributed by atoms with E-state index in [9.17, 15) is 13.2 Å². The summed E-state index contributed by atoms with van der Waals surface area (Å²) in [6.45, 7) is 3.89. The van der Waals surface area contributed by atoms with E-state index in [2.05, 4.69) is 19.1 Å². The van der Waals surface area contributed by atoms with Gasteiger partial charge in [0.05, 0.1) is 35.2 Å². The predicted octanol–water partition coefficient (Wildman–Crippen LogP) is 4.27. The maximum atomic E-state index is 13.5. The van der Waals surface area contributed by atoms with Crippen molar-refractivity contribution in [1.29, 1.82) is 0 Å². The van der Waals surface area contributed by atoms with E-state index in [4.69, 9.17) is 9.84 Å². The van der Waals surface area contributed by atoms with Crippen LogP contribution in [0.5, 0.6) is 0 Å². The lowest BCUT2D eigenvalue weighted by Crippen LogP contribution is -2.41. The zero-order valence-electron chi connectivity index (χ0n) is 19.8. The van der Waals surface area contributed by atoms with Crippen LogP contribution in [0, 0.1) is 6.92 Å². The highest BCUT2D eigenvalue weighted by Crippen LogP contribution is 2.41. The van der Waals surface area contributed by atoms with Crippen LogP contribution in [-0.4, -0.2) is 55.3 Å². The Morgan fingerprint density at radius 1 is 0.889 bits per heavy atom. The first kappa shape index (κ1) is 22.7. The van der Waals surface area contributed by atoms with Crippen LogP contribution >= 0.6 is 0 Å². The number of carbonyl (C=O) groups is 1. The second-order valence-corrected chi connectivity index (χ2v) is 11.1. The largest absolute Gasteiger partial charge is 0.378 e. The van der Waals surface area contributed by atoms with Crippen LogP contribution in [0.3, 0.4) is 0 Å². The Morgan fingerprint density at radius 2 is 1.56 bits per heavy atom. The highest BCUT2D eigenvalue weighted by atomic mass is 32.2. The van der Waals surface area contributed by atoms with Gasteiger partial charge in [0.2, 0.25) is 0 Å². The molecule has 36 heavy (non-hydrogen) atoms. The smallest absolute Gasteiger partial charge is 0.274 e. The molecule has 182 valence electrons. The molecule has 0 atom stereocenters. The number of carbonyl (C=O) groups excluding carboxylic acids is 1. The van der Waals surface area contributed by atoms with Gasteiger partial charge in [0, 0.05) is 24.2 Å². The lowest BCUT2D eigenvalue weighted by Gasteiger charge is -2.26. The second kappa shape index (κ2) is 8.72. The molecule has 0 N–H and O–H groups in total. The molecule has 1 amide bonds. The highest BCUT2D eigenvalue weighted by molar-refractivity contribution is 7.90. The zero-order valence-corrected chi connectivity index (χ0v) is 20.7. The number of ether oxygens (including phenoxy) is 1. The molecule has 1 fully saturated rings. The average molecular weight is 500 g/mol. The van der Waals surface area contributed by atoms with Gasteiger partial charge in [0.1, 0.15) is 0 Å². The van der Waals surface area contributed by atoms with Gasteiger partial charge in [-0.25, -0.2) is 13.1 Å². The molecule has 1 saturated heterocycles. The van der Waals surface area contributed by atoms with Crippen LogP contribution in [0.25, 0.3) is 28.1 Å². The van der Waals surface area contributed by atoms with Gasteiger partial charge in [-0.3, -0.25) is 4.79 Å². The fourth-order valence-corrected chi connectivity index (χ4v) is 6.61. The Hall–Kier alpha value is -3.75. The molecule has 0 aliphatic carbocycles. The van der Waals surface area contributed by atoms with E-state index in [1.807, 2.05) is 42.5 Å². The van der Waals surface area contributed by atoms with E-state index in [0.29, 0.717) is 43.1 Å². The molecule has 0 unspecified atom stereocenters. The molecule has 0 spiro atoms. The number of fused-ring (bicyclic) bond motifs is 3. The lowest BCUT2D eigenvalue weighted by atomic mass is 10.0. The molecule has 4 aromatic rings. The van der Waals surface area contributed by atoms with Crippen molar-refractivity contribution < 1.29 is 17.9 Å². The summed E-state index contributed by atoms with van der Waals surface area (Å²) in [6.07, 6.45) is 0. The molecular formula is C28H25N3O4S. The number of hydrogen-bond donors (Lipinski definition) is 0. The molecule has 0 bridgehead atoms. The molecule has 2 aliphatic heterocycles. The Balaban J connectivity index is 1.52. The Kier molecular flexibility index (Phi) is 5.50. The van der Waals surface area contributed by atoms with E-state index in [-0.39, 0.29) is 22.2 Å². The maximum Gasteiger partial charge on any atom is 0.274 e. The summed E-state index contributed by atoms with van der Waals surface area (Å²) >= 11 is 0. The number of benzene rings is 3. The van der Waals surface area contributed by atoms with Gasteiger partial charge in [0.25, 0.3) is 5.91 Å². The van der Waals surface area contributed by atoms with Crippen LogP contribution in [0.15, 0.2) is 77.7 Å². The summed E-state index contributed by atoms with van der Waals surface area (Å²) in [4.78, 5) is 15.5. The van der Waals surface area contributed by atoms with Gasteiger partial charge < -0.3 is 9.64 Å². The molecule has 1 aromatic heterocycles. The van der Waals surface area contributed by atoms with Gasteiger partial charge in [-0.1, -0.05) is 54.6 Å². The number of sulfone groups is 1. The number of nitrogens with zero attached hydrogens (tertiary/aromatic N) is 3. The third-order valence-electron chi connectivity index (χ3n) is 6.86. The quantitative estimate of drug-likeness (QED) is 0.420. The van der Waals surface area contributed by atoms with E-state index >= 15 is 0 Å². The molecule has 7 nitrogen and oxygen atoms in total. The van der Waals surface area contributed by atoms with Crippen molar-refractivity contribution in [3.05, 3.63) is 89.6 Å². The number of rotatable bonds is 3. The summed E-state index contributed by atoms with van der Waals surface area (Å²) in [5, 5.41) is 4.74. The van der Waals surface area contributed by atoms with Crippen LogP contribution in [0.1, 0.15) is 21.6 Å². The summed E-state index contributed by atoms with van der Waals surface area (Å²) in [5.74, 6) is -0.522. The van der Waals surface area contributed by atoms with Crippen molar-refractivity contribution in [2.24, 2.45) is 0 Å². The monoisotopic (exact) mass is 499 g/mol. The SMILES string of the molecule is Cc1ccccc1-c1ccc(-n2nc(C(=O)N3CCOCC3)c3c2-c2ccccc2S(=O)(=O)C3)cc1. The van der Waals surface area contributed by atoms with Gasteiger partial charge >= 0.3 is 0 Å². The zero-order chi connectivity index (χ0) is 24.9. The minimum Gasteiger partial charge on any atom is -0.378 e. The molecule has 3 aromatic carbocycles. The van der Waals surface area contributed by atoms with E-state index in [1.165, 1.54) is 5.56 Å². The Labute approximate surface area is 209 Å². The summed E-state index contributed by atoms with van der Waals surface area (Å²) in [5.41, 5.74) is 6.02. The molecule has 3 heterocycles. The fourth-order valence-electron chi connectivity index (χ4n) is 5.02. The van der Waals surface area contributed by atoms with E-state index in [1.54, 1.807) is 27.8 Å². The lowest BCUT2D eigenvalue weighted by molar-refractivity contribution is 0.0298. The van der Waals surface area contributed by atoms with E-state index < -0.39 is 9.84 Å². The first-order valence-corrected chi connectivity index (χ1v) is 13.6. The van der Waals surface area contributed by atoms with Crippen LogP contribution < -0.4 is 0 Å². The Bertz CT molecular complexity index is 1580. The molecule has 6 rings (SSSR count). The second-order valence-electron chi connectivity index (χ2n) is 9.11. The average Bonchev–Trinajstić information content (AvgIpc) is 3.28. The van der Waals surface area contributed by atoms with Crippen molar-refractivity contribution in [3.63, 3.8) is 0 Å². The summed E-state index contributed by atoms with van der Waals surface area (Å²) < 4.78 is 33.5. The first-order valence-electron chi connectivity index (χ1n) is 11.9. The summed E-state index contributed by atoms with van der Waals surface area (Å²) in [6, 6.07) is 23.1. The van der Waals surface area contributed by atoms with Crippen molar-refractivity contribution in [2.75, 3.05) is 26.3 Å². The Morgan fingerprint density at radius 3 is 2.28 bits per heavy atom. The van der Waals surface area contributed by atoms with Crippen molar-refractivity contribution in [2.45, 2.75) is 17.6 Å².